The third-order valence-corrected chi connectivity index (χ3v) is 2.58. The molecule has 0 amide bonds. The van der Waals surface area contributed by atoms with E-state index in [-0.39, 0.29) is 18.3 Å². The summed E-state index contributed by atoms with van der Waals surface area (Å²) in [5, 5.41) is 11.6. The van der Waals surface area contributed by atoms with Crippen LogP contribution in [-0.4, -0.2) is 11.0 Å². The molecule has 3 N–H and O–H groups in total. The van der Waals surface area contributed by atoms with Crippen molar-refractivity contribution in [3.05, 3.63) is 35.4 Å². The summed E-state index contributed by atoms with van der Waals surface area (Å²) < 4.78 is 0. The van der Waals surface area contributed by atoms with Crippen molar-refractivity contribution >= 4 is 18.2 Å². The molecule has 4 heteroatoms. The molecule has 0 bridgehead atoms. The highest BCUT2D eigenvalue weighted by molar-refractivity contribution is 5.85. The van der Waals surface area contributed by atoms with Crippen LogP contribution in [0, 0.1) is 5.92 Å². The fourth-order valence-electron chi connectivity index (χ4n) is 1.85. The molecule has 1 aliphatic rings. The van der Waals surface area contributed by atoms with Gasteiger partial charge in [0.05, 0.1) is 0 Å². The van der Waals surface area contributed by atoms with Gasteiger partial charge in [-0.1, -0.05) is 29.4 Å². The largest absolute Gasteiger partial charge is 0.409 e. The number of nitrogens with two attached hydrogens (primary N) is 1. The molecule has 1 aliphatic carbocycles. The molecule has 0 fully saturated rings. The van der Waals surface area contributed by atoms with Crippen molar-refractivity contribution in [3.63, 3.8) is 0 Å². The lowest BCUT2D eigenvalue weighted by molar-refractivity contribution is 0.314. The topological polar surface area (TPSA) is 58.6 Å². The van der Waals surface area contributed by atoms with Crippen molar-refractivity contribution < 1.29 is 5.21 Å². The highest BCUT2D eigenvalue weighted by atomic mass is 35.5. The third kappa shape index (κ3) is 1.82. The lowest BCUT2D eigenvalue weighted by Crippen LogP contribution is -2.23. The van der Waals surface area contributed by atoms with E-state index in [0.717, 1.165) is 12.8 Å². The summed E-state index contributed by atoms with van der Waals surface area (Å²) in [6, 6.07) is 8.24. The van der Waals surface area contributed by atoms with Crippen LogP contribution in [0.1, 0.15) is 11.1 Å². The van der Waals surface area contributed by atoms with Gasteiger partial charge < -0.3 is 10.9 Å². The number of oxime groups is 1. The minimum absolute atomic E-state index is 0. The maximum absolute atomic E-state index is 8.54. The SMILES string of the molecule is Cl.N/C(=N\O)C1Cc2ccccc2C1. The Kier molecular flexibility index (Phi) is 3.36. The van der Waals surface area contributed by atoms with E-state index in [0.29, 0.717) is 5.84 Å². The van der Waals surface area contributed by atoms with E-state index in [1.807, 2.05) is 12.1 Å². The van der Waals surface area contributed by atoms with E-state index in [1.165, 1.54) is 11.1 Å². The van der Waals surface area contributed by atoms with Crippen LogP contribution in [0.5, 0.6) is 0 Å². The summed E-state index contributed by atoms with van der Waals surface area (Å²) in [6.07, 6.45) is 1.79. The maximum atomic E-state index is 8.54. The lowest BCUT2D eigenvalue weighted by Gasteiger charge is -2.04. The molecule has 0 saturated carbocycles. The summed E-state index contributed by atoms with van der Waals surface area (Å²) in [5.41, 5.74) is 8.19. The van der Waals surface area contributed by atoms with Crippen molar-refractivity contribution in [3.8, 4) is 0 Å². The molecule has 0 spiro atoms. The van der Waals surface area contributed by atoms with Crippen LogP contribution >= 0.6 is 12.4 Å². The molecule has 0 unspecified atom stereocenters. The Labute approximate surface area is 89.0 Å². The number of rotatable bonds is 1. The van der Waals surface area contributed by atoms with Crippen LogP contribution in [0.2, 0.25) is 0 Å². The molecule has 0 saturated heterocycles. The quantitative estimate of drug-likeness (QED) is 0.321. The van der Waals surface area contributed by atoms with Gasteiger partial charge in [0.25, 0.3) is 0 Å². The number of hydrogen-bond acceptors (Lipinski definition) is 2. The predicted octanol–water partition coefficient (Wildman–Crippen LogP) is 1.57. The van der Waals surface area contributed by atoms with Gasteiger partial charge in [-0.3, -0.25) is 0 Å². The molecular formula is C10H13ClN2O. The van der Waals surface area contributed by atoms with E-state index in [2.05, 4.69) is 17.3 Å². The minimum atomic E-state index is 0. The number of nitrogens with zero attached hydrogens (tertiary/aromatic N) is 1. The zero-order chi connectivity index (χ0) is 9.26. The van der Waals surface area contributed by atoms with Crippen LogP contribution in [0.25, 0.3) is 0 Å². The highest BCUT2D eigenvalue weighted by Crippen LogP contribution is 2.26. The summed E-state index contributed by atoms with van der Waals surface area (Å²) >= 11 is 0. The molecule has 0 aliphatic heterocycles. The van der Waals surface area contributed by atoms with Crippen molar-refractivity contribution in [1.29, 1.82) is 0 Å². The van der Waals surface area contributed by atoms with Gasteiger partial charge in [0.1, 0.15) is 5.84 Å². The van der Waals surface area contributed by atoms with E-state index >= 15 is 0 Å². The molecule has 0 atom stereocenters. The first-order valence-electron chi connectivity index (χ1n) is 4.35. The van der Waals surface area contributed by atoms with Crippen LogP contribution in [0.3, 0.4) is 0 Å². The number of halogens is 1. The lowest BCUT2D eigenvalue weighted by atomic mass is 10.1. The summed E-state index contributed by atoms with van der Waals surface area (Å²) in [4.78, 5) is 0. The first-order valence-corrected chi connectivity index (χ1v) is 4.35. The van der Waals surface area contributed by atoms with Gasteiger partial charge in [-0.15, -0.1) is 12.4 Å². The summed E-state index contributed by atoms with van der Waals surface area (Å²) in [5.74, 6) is 0.526. The minimum Gasteiger partial charge on any atom is -0.409 e. The van der Waals surface area contributed by atoms with Gasteiger partial charge in [0, 0.05) is 5.92 Å². The maximum Gasteiger partial charge on any atom is 0.142 e. The molecule has 0 heterocycles. The van der Waals surface area contributed by atoms with Crippen LogP contribution < -0.4 is 5.73 Å². The van der Waals surface area contributed by atoms with E-state index in [1.54, 1.807) is 0 Å². The summed E-state index contributed by atoms with van der Waals surface area (Å²) in [7, 11) is 0. The second-order valence-corrected chi connectivity index (χ2v) is 3.40. The van der Waals surface area contributed by atoms with E-state index in [4.69, 9.17) is 10.9 Å². The molecular weight excluding hydrogens is 200 g/mol. The Morgan fingerprint density at radius 2 is 1.79 bits per heavy atom. The van der Waals surface area contributed by atoms with Gasteiger partial charge in [-0.05, 0) is 24.0 Å². The molecule has 1 aromatic carbocycles. The smallest absolute Gasteiger partial charge is 0.142 e. The molecule has 3 nitrogen and oxygen atoms in total. The second-order valence-electron chi connectivity index (χ2n) is 3.40. The Balaban J connectivity index is 0.000000980. The fraction of sp³-hybridized carbons (Fsp3) is 0.300. The van der Waals surface area contributed by atoms with Crippen LogP contribution in [-0.2, 0) is 12.8 Å². The Morgan fingerprint density at radius 1 is 1.29 bits per heavy atom. The van der Waals surface area contributed by atoms with Gasteiger partial charge in [0.15, 0.2) is 0 Å². The van der Waals surface area contributed by atoms with E-state index in [9.17, 15) is 0 Å². The molecule has 14 heavy (non-hydrogen) atoms. The number of benzene rings is 1. The predicted molar refractivity (Wildman–Crippen MR) is 58.0 cm³/mol. The monoisotopic (exact) mass is 212 g/mol. The van der Waals surface area contributed by atoms with Crippen molar-refractivity contribution in [1.82, 2.24) is 0 Å². The standard InChI is InChI=1S/C10H12N2O.ClH/c11-10(12-13)9-5-7-3-1-2-4-8(7)6-9;/h1-4,9,13H,5-6H2,(H2,11,12);1H. The normalized spacial score (nSPS) is 16.1. The average molecular weight is 213 g/mol. The highest BCUT2D eigenvalue weighted by Gasteiger charge is 2.23. The van der Waals surface area contributed by atoms with Crippen molar-refractivity contribution in [2.24, 2.45) is 16.8 Å². The van der Waals surface area contributed by atoms with Crippen molar-refractivity contribution in [2.45, 2.75) is 12.8 Å². The second kappa shape index (κ2) is 4.33. The van der Waals surface area contributed by atoms with Gasteiger partial charge >= 0.3 is 0 Å². The molecule has 1 aromatic rings. The molecule has 0 aromatic heterocycles. The fourth-order valence-corrected chi connectivity index (χ4v) is 1.85. The number of fused-ring (bicyclic) bond motifs is 1. The number of amidine groups is 1. The number of hydrogen-bond donors (Lipinski definition) is 2. The Hall–Kier alpha value is -1.22. The molecule has 0 radical (unpaired) electrons. The third-order valence-electron chi connectivity index (χ3n) is 2.58. The van der Waals surface area contributed by atoms with Gasteiger partial charge in [-0.2, -0.15) is 0 Å². The first-order chi connectivity index (χ1) is 6.31. The zero-order valence-corrected chi connectivity index (χ0v) is 8.50. The van der Waals surface area contributed by atoms with Crippen molar-refractivity contribution in [2.75, 3.05) is 0 Å². The van der Waals surface area contributed by atoms with E-state index < -0.39 is 0 Å². The van der Waals surface area contributed by atoms with Crippen LogP contribution in [0.4, 0.5) is 0 Å². The van der Waals surface area contributed by atoms with Gasteiger partial charge in [0.2, 0.25) is 0 Å². The Bertz CT molecular complexity index is 327. The molecule has 76 valence electrons. The average Bonchev–Trinajstić information content (AvgIpc) is 2.59. The molecule has 2 rings (SSSR count). The zero-order valence-electron chi connectivity index (χ0n) is 7.68. The van der Waals surface area contributed by atoms with Crippen LogP contribution in [0.15, 0.2) is 29.4 Å². The Morgan fingerprint density at radius 3 is 2.21 bits per heavy atom. The first kappa shape index (κ1) is 10.9. The van der Waals surface area contributed by atoms with Gasteiger partial charge in [-0.25, -0.2) is 0 Å². The summed E-state index contributed by atoms with van der Waals surface area (Å²) in [6.45, 7) is 0.